The van der Waals surface area contributed by atoms with E-state index in [0.29, 0.717) is 11.6 Å². The summed E-state index contributed by atoms with van der Waals surface area (Å²) in [6, 6.07) is 11.7. The summed E-state index contributed by atoms with van der Waals surface area (Å²) in [6.07, 6.45) is 1.76. The molecule has 1 unspecified atom stereocenters. The van der Waals surface area contributed by atoms with Crippen LogP contribution in [0.2, 0.25) is 5.02 Å². The predicted molar refractivity (Wildman–Crippen MR) is 82.4 cm³/mol. The minimum atomic E-state index is -0.00984. The van der Waals surface area contributed by atoms with Crippen molar-refractivity contribution in [3.05, 3.63) is 58.9 Å². The smallest absolute Gasteiger partial charge is 0.119 e. The summed E-state index contributed by atoms with van der Waals surface area (Å²) in [7, 11) is 0. The van der Waals surface area contributed by atoms with E-state index in [1.165, 1.54) is 0 Å². The van der Waals surface area contributed by atoms with Crippen LogP contribution in [0.25, 0.3) is 0 Å². The van der Waals surface area contributed by atoms with Crippen molar-refractivity contribution in [2.45, 2.75) is 19.9 Å². The molecular formula is C16H19ClN2O. The quantitative estimate of drug-likeness (QED) is 0.878. The molecule has 4 heteroatoms. The van der Waals surface area contributed by atoms with Crippen molar-refractivity contribution < 1.29 is 4.74 Å². The molecule has 0 radical (unpaired) electrons. The fourth-order valence-electron chi connectivity index (χ4n) is 2.11. The first-order valence-electron chi connectivity index (χ1n) is 6.82. The summed E-state index contributed by atoms with van der Waals surface area (Å²) in [5.74, 6) is 0.874. The lowest BCUT2D eigenvalue weighted by Gasteiger charge is -2.19. The molecule has 0 fully saturated rings. The minimum Gasteiger partial charge on any atom is -0.494 e. The van der Waals surface area contributed by atoms with Crippen molar-refractivity contribution in [2.75, 3.05) is 13.2 Å². The van der Waals surface area contributed by atoms with Gasteiger partial charge in [0.2, 0.25) is 0 Å². The van der Waals surface area contributed by atoms with Gasteiger partial charge in [-0.15, -0.1) is 0 Å². The number of aromatic nitrogens is 1. The lowest BCUT2D eigenvalue weighted by atomic mass is 10.0. The fraction of sp³-hybridized carbons (Fsp3) is 0.312. The maximum Gasteiger partial charge on any atom is 0.119 e. The molecule has 0 spiro atoms. The first kappa shape index (κ1) is 14.8. The van der Waals surface area contributed by atoms with E-state index in [9.17, 15) is 0 Å². The van der Waals surface area contributed by atoms with Crippen LogP contribution in [0.4, 0.5) is 0 Å². The second-order valence-electron chi connectivity index (χ2n) is 4.36. The van der Waals surface area contributed by atoms with Gasteiger partial charge in [0.25, 0.3) is 0 Å². The van der Waals surface area contributed by atoms with Gasteiger partial charge in [-0.3, -0.25) is 4.98 Å². The summed E-state index contributed by atoms with van der Waals surface area (Å²) in [5.41, 5.74) is 1.97. The SMILES string of the molecule is CCNC(c1ccc(OCC)cc1)c1ncccc1Cl. The van der Waals surface area contributed by atoms with Gasteiger partial charge in [0.1, 0.15) is 5.75 Å². The molecule has 1 heterocycles. The monoisotopic (exact) mass is 290 g/mol. The Balaban J connectivity index is 2.31. The van der Waals surface area contributed by atoms with E-state index in [0.717, 1.165) is 23.6 Å². The number of pyridine rings is 1. The lowest BCUT2D eigenvalue weighted by Crippen LogP contribution is -2.23. The Bertz CT molecular complexity index is 542. The summed E-state index contributed by atoms with van der Waals surface area (Å²) < 4.78 is 5.47. The molecule has 1 aromatic heterocycles. The molecule has 20 heavy (non-hydrogen) atoms. The topological polar surface area (TPSA) is 34.1 Å². The van der Waals surface area contributed by atoms with Crippen molar-refractivity contribution in [3.8, 4) is 5.75 Å². The number of benzene rings is 1. The van der Waals surface area contributed by atoms with Crippen molar-refractivity contribution in [1.82, 2.24) is 10.3 Å². The molecule has 0 saturated heterocycles. The summed E-state index contributed by atoms with van der Waals surface area (Å²) in [6.45, 7) is 5.55. The molecule has 2 aromatic rings. The normalized spacial score (nSPS) is 12.2. The number of hydrogen-bond donors (Lipinski definition) is 1. The zero-order valence-corrected chi connectivity index (χ0v) is 12.5. The maximum absolute atomic E-state index is 6.26. The number of nitrogens with one attached hydrogen (secondary N) is 1. The number of nitrogens with zero attached hydrogens (tertiary/aromatic N) is 1. The molecule has 106 valence electrons. The van der Waals surface area contributed by atoms with Gasteiger partial charge in [0, 0.05) is 6.20 Å². The summed E-state index contributed by atoms with van der Waals surface area (Å²) in [4.78, 5) is 4.41. The number of halogens is 1. The highest BCUT2D eigenvalue weighted by Crippen LogP contribution is 2.27. The van der Waals surface area contributed by atoms with Crippen molar-refractivity contribution in [1.29, 1.82) is 0 Å². The van der Waals surface area contributed by atoms with Gasteiger partial charge in [-0.25, -0.2) is 0 Å². The standard InChI is InChI=1S/C16H19ClN2O/c1-3-18-15(16-14(17)6-5-11-19-16)12-7-9-13(10-8-12)20-4-2/h5-11,15,18H,3-4H2,1-2H3. The second kappa shape index (κ2) is 7.27. The average Bonchev–Trinajstić information content (AvgIpc) is 2.47. The van der Waals surface area contributed by atoms with Gasteiger partial charge >= 0.3 is 0 Å². The third-order valence-corrected chi connectivity index (χ3v) is 3.31. The first-order valence-corrected chi connectivity index (χ1v) is 7.20. The Labute approximate surface area is 124 Å². The predicted octanol–water partition coefficient (Wildman–Crippen LogP) is 3.83. The third kappa shape index (κ3) is 3.50. The molecule has 2 rings (SSSR count). The van der Waals surface area contributed by atoms with Crippen molar-refractivity contribution >= 4 is 11.6 Å². The summed E-state index contributed by atoms with van der Waals surface area (Å²) in [5, 5.41) is 4.09. The molecule has 1 atom stereocenters. The van der Waals surface area contributed by atoms with E-state index in [4.69, 9.17) is 16.3 Å². The van der Waals surface area contributed by atoms with Gasteiger partial charge in [-0.1, -0.05) is 30.7 Å². The number of ether oxygens (including phenoxy) is 1. The van der Waals surface area contributed by atoms with Gasteiger partial charge in [-0.2, -0.15) is 0 Å². The van der Waals surface area contributed by atoms with E-state index < -0.39 is 0 Å². The highest BCUT2D eigenvalue weighted by atomic mass is 35.5. The van der Waals surface area contributed by atoms with E-state index >= 15 is 0 Å². The van der Waals surface area contributed by atoms with Crippen molar-refractivity contribution in [2.24, 2.45) is 0 Å². The van der Waals surface area contributed by atoms with E-state index in [2.05, 4.69) is 17.2 Å². The second-order valence-corrected chi connectivity index (χ2v) is 4.77. The highest BCUT2D eigenvalue weighted by molar-refractivity contribution is 6.31. The molecule has 0 aliphatic carbocycles. The molecule has 0 aliphatic rings. The zero-order chi connectivity index (χ0) is 14.4. The van der Waals surface area contributed by atoms with Gasteiger partial charge in [-0.05, 0) is 43.3 Å². The van der Waals surface area contributed by atoms with Gasteiger partial charge in [0.05, 0.1) is 23.4 Å². The zero-order valence-electron chi connectivity index (χ0n) is 11.8. The van der Waals surface area contributed by atoms with Gasteiger partial charge in [0.15, 0.2) is 0 Å². The Morgan fingerprint density at radius 1 is 1.20 bits per heavy atom. The molecule has 1 N–H and O–H groups in total. The largest absolute Gasteiger partial charge is 0.494 e. The molecule has 0 bridgehead atoms. The van der Waals surface area contributed by atoms with Crippen LogP contribution in [0.5, 0.6) is 5.75 Å². The van der Waals surface area contributed by atoms with E-state index in [-0.39, 0.29) is 6.04 Å². The Kier molecular flexibility index (Phi) is 5.39. The van der Waals surface area contributed by atoms with Crippen LogP contribution in [-0.2, 0) is 0 Å². The number of rotatable bonds is 6. The van der Waals surface area contributed by atoms with Crippen LogP contribution in [0.15, 0.2) is 42.6 Å². The van der Waals surface area contributed by atoms with Crippen LogP contribution < -0.4 is 10.1 Å². The minimum absolute atomic E-state index is 0.00984. The van der Waals surface area contributed by atoms with Gasteiger partial charge < -0.3 is 10.1 Å². The number of hydrogen-bond acceptors (Lipinski definition) is 3. The van der Waals surface area contributed by atoms with Crippen LogP contribution in [0.1, 0.15) is 31.1 Å². The molecular weight excluding hydrogens is 272 g/mol. The van der Waals surface area contributed by atoms with Crippen molar-refractivity contribution in [3.63, 3.8) is 0 Å². The molecule has 0 amide bonds. The molecule has 1 aromatic carbocycles. The fourth-order valence-corrected chi connectivity index (χ4v) is 2.34. The molecule has 0 aliphatic heterocycles. The van der Waals surface area contributed by atoms with Crippen LogP contribution in [0, 0.1) is 0 Å². The highest BCUT2D eigenvalue weighted by Gasteiger charge is 2.17. The van der Waals surface area contributed by atoms with E-state index in [1.807, 2.05) is 43.3 Å². The average molecular weight is 291 g/mol. The Morgan fingerprint density at radius 3 is 2.55 bits per heavy atom. The van der Waals surface area contributed by atoms with Crippen LogP contribution in [-0.4, -0.2) is 18.1 Å². The van der Waals surface area contributed by atoms with Crippen LogP contribution in [0.3, 0.4) is 0 Å². The molecule has 0 saturated carbocycles. The molecule has 3 nitrogen and oxygen atoms in total. The third-order valence-electron chi connectivity index (χ3n) is 2.99. The maximum atomic E-state index is 6.26. The lowest BCUT2D eigenvalue weighted by molar-refractivity contribution is 0.340. The first-order chi connectivity index (χ1) is 9.76. The summed E-state index contributed by atoms with van der Waals surface area (Å²) >= 11 is 6.26. The van der Waals surface area contributed by atoms with E-state index in [1.54, 1.807) is 6.20 Å². The Hall–Kier alpha value is -1.58. The Morgan fingerprint density at radius 2 is 1.95 bits per heavy atom. The van der Waals surface area contributed by atoms with Crippen LogP contribution >= 0.6 is 11.6 Å².